The van der Waals surface area contributed by atoms with Gasteiger partial charge in [0.25, 0.3) is 0 Å². The Hall–Kier alpha value is -1.34. The first-order valence-electron chi connectivity index (χ1n) is 7.49. The fourth-order valence-electron chi connectivity index (χ4n) is 1.63. The fraction of sp³-hybridized carbons (Fsp3) is 0.929. The van der Waals surface area contributed by atoms with Gasteiger partial charge in [-0.15, -0.1) is 0 Å². The van der Waals surface area contributed by atoms with Crippen molar-refractivity contribution < 1.29 is 9.53 Å². The van der Waals surface area contributed by atoms with E-state index >= 15 is 0 Å². The number of rotatable bonds is 12. The molecule has 0 aliphatic carbocycles. The largest absolute Gasteiger partial charge is 0.375 e. The van der Waals surface area contributed by atoms with Crippen LogP contribution in [0.3, 0.4) is 0 Å². The Morgan fingerprint density at radius 3 is 2.55 bits per heavy atom. The number of azide groups is 1. The molecule has 0 fully saturated rings. The molecule has 1 amide bonds. The first-order valence-corrected chi connectivity index (χ1v) is 7.49. The molecule has 0 unspecified atom stereocenters. The van der Waals surface area contributed by atoms with Crippen LogP contribution in [0.1, 0.15) is 27.7 Å². The van der Waals surface area contributed by atoms with Crippen molar-refractivity contribution in [2.24, 2.45) is 10.5 Å². The monoisotopic (exact) mass is 314 g/mol. The average molecular weight is 314 g/mol. The molecule has 0 saturated heterocycles. The number of amides is 1. The van der Waals surface area contributed by atoms with E-state index in [-0.39, 0.29) is 11.3 Å². The molecule has 8 heteroatoms. The Morgan fingerprint density at radius 1 is 1.27 bits per heavy atom. The predicted octanol–water partition coefficient (Wildman–Crippen LogP) is 1.04. The Morgan fingerprint density at radius 2 is 1.95 bits per heavy atom. The third kappa shape index (κ3) is 11.3. The van der Waals surface area contributed by atoms with Gasteiger partial charge in [-0.3, -0.25) is 4.79 Å². The van der Waals surface area contributed by atoms with E-state index in [2.05, 4.69) is 39.8 Å². The van der Waals surface area contributed by atoms with E-state index < -0.39 is 5.60 Å². The number of likely N-dealkylation sites (N-methyl/N-ethyl adjacent to an activating group) is 1. The molecule has 0 rings (SSSR count). The first kappa shape index (κ1) is 20.7. The van der Waals surface area contributed by atoms with Gasteiger partial charge >= 0.3 is 0 Å². The summed E-state index contributed by atoms with van der Waals surface area (Å²) in [5, 5.41) is 12.5. The molecule has 0 heterocycles. The summed E-state index contributed by atoms with van der Waals surface area (Å²) in [6.07, 6.45) is 0. The highest BCUT2D eigenvalue weighted by Gasteiger charge is 2.24. The van der Waals surface area contributed by atoms with Crippen molar-refractivity contribution in [1.82, 2.24) is 16.0 Å². The Balaban J connectivity index is 3.90. The summed E-state index contributed by atoms with van der Waals surface area (Å²) in [5.74, 6) is -0.00769. The molecular formula is C14H30N6O2. The summed E-state index contributed by atoms with van der Waals surface area (Å²) in [7, 11) is 1.74. The summed E-state index contributed by atoms with van der Waals surface area (Å²) in [6, 6.07) is 0. The van der Waals surface area contributed by atoms with Crippen molar-refractivity contribution in [3.63, 3.8) is 0 Å². The average Bonchev–Trinajstić information content (AvgIpc) is 2.43. The number of carbonyl (C=O) groups excluding carboxylic acids is 1. The number of hydrogen-bond acceptors (Lipinski definition) is 5. The summed E-state index contributed by atoms with van der Waals surface area (Å²) in [5.41, 5.74) is 7.84. The van der Waals surface area contributed by atoms with Crippen molar-refractivity contribution in [1.29, 1.82) is 0 Å². The van der Waals surface area contributed by atoms with Gasteiger partial charge in [0.1, 0.15) is 0 Å². The van der Waals surface area contributed by atoms with Crippen molar-refractivity contribution in [2.75, 3.05) is 46.4 Å². The highest BCUT2D eigenvalue weighted by Crippen LogP contribution is 2.19. The molecule has 22 heavy (non-hydrogen) atoms. The summed E-state index contributed by atoms with van der Waals surface area (Å²) in [6.45, 7) is 11.3. The SMILES string of the molecule is CNCC(=O)NCCNCC(C)(C)COC(C)(C)CN=[N+]=[N-]. The normalized spacial score (nSPS) is 11.9. The number of nitrogens with zero attached hydrogens (tertiary/aromatic N) is 3. The third-order valence-corrected chi connectivity index (χ3v) is 2.93. The second kappa shape index (κ2) is 10.4. The van der Waals surface area contributed by atoms with Gasteiger partial charge in [-0.05, 0) is 26.4 Å². The van der Waals surface area contributed by atoms with E-state index in [0.29, 0.717) is 32.8 Å². The van der Waals surface area contributed by atoms with Gasteiger partial charge < -0.3 is 20.7 Å². The molecule has 0 atom stereocenters. The molecular weight excluding hydrogens is 284 g/mol. The van der Waals surface area contributed by atoms with E-state index in [9.17, 15) is 4.79 Å². The van der Waals surface area contributed by atoms with Crippen LogP contribution in [0.15, 0.2) is 5.11 Å². The van der Waals surface area contributed by atoms with E-state index in [1.807, 2.05) is 13.8 Å². The topological polar surface area (TPSA) is 111 Å². The molecule has 128 valence electrons. The lowest BCUT2D eigenvalue weighted by atomic mass is 9.94. The Labute approximate surface area is 133 Å². The lowest BCUT2D eigenvalue weighted by Gasteiger charge is -2.31. The lowest BCUT2D eigenvalue weighted by molar-refractivity contribution is -0.120. The quantitative estimate of drug-likeness (QED) is 0.216. The second-order valence-electron chi connectivity index (χ2n) is 6.66. The summed E-state index contributed by atoms with van der Waals surface area (Å²) >= 11 is 0. The summed E-state index contributed by atoms with van der Waals surface area (Å²) in [4.78, 5) is 14.0. The second-order valence-corrected chi connectivity index (χ2v) is 6.66. The van der Waals surface area contributed by atoms with Crippen LogP contribution in [0.4, 0.5) is 0 Å². The molecule has 0 radical (unpaired) electrons. The van der Waals surface area contributed by atoms with Gasteiger partial charge in [0.15, 0.2) is 0 Å². The maximum absolute atomic E-state index is 11.2. The third-order valence-electron chi connectivity index (χ3n) is 2.93. The minimum absolute atomic E-state index is 0.00769. The van der Waals surface area contributed by atoms with E-state index in [1.54, 1.807) is 7.05 Å². The van der Waals surface area contributed by atoms with Crippen molar-refractivity contribution >= 4 is 5.91 Å². The molecule has 0 aromatic rings. The molecule has 0 saturated carbocycles. The van der Waals surface area contributed by atoms with Crippen molar-refractivity contribution in [2.45, 2.75) is 33.3 Å². The zero-order valence-corrected chi connectivity index (χ0v) is 14.4. The Bertz CT molecular complexity index is 378. The maximum Gasteiger partial charge on any atom is 0.233 e. The van der Waals surface area contributed by atoms with Crippen LogP contribution in [0.25, 0.3) is 10.4 Å². The van der Waals surface area contributed by atoms with Crippen molar-refractivity contribution in [3.8, 4) is 0 Å². The van der Waals surface area contributed by atoms with Gasteiger partial charge in [-0.25, -0.2) is 0 Å². The van der Waals surface area contributed by atoms with Gasteiger partial charge in [-0.2, -0.15) is 0 Å². The van der Waals surface area contributed by atoms with Crippen LogP contribution in [0.2, 0.25) is 0 Å². The number of hydrogen-bond donors (Lipinski definition) is 3. The van der Waals surface area contributed by atoms with Gasteiger partial charge in [-0.1, -0.05) is 19.0 Å². The minimum Gasteiger partial charge on any atom is -0.375 e. The molecule has 3 N–H and O–H groups in total. The zero-order chi connectivity index (χ0) is 17.1. The number of ether oxygens (including phenoxy) is 1. The van der Waals surface area contributed by atoms with Crippen LogP contribution >= 0.6 is 0 Å². The van der Waals surface area contributed by atoms with Crippen LogP contribution in [-0.4, -0.2) is 57.9 Å². The highest BCUT2D eigenvalue weighted by atomic mass is 16.5. The fourth-order valence-corrected chi connectivity index (χ4v) is 1.63. The molecule has 0 aromatic heterocycles. The molecule has 8 nitrogen and oxygen atoms in total. The predicted molar refractivity (Wildman–Crippen MR) is 87.6 cm³/mol. The molecule has 0 aromatic carbocycles. The van der Waals surface area contributed by atoms with Crippen LogP contribution in [-0.2, 0) is 9.53 Å². The standard InChI is InChI=1S/C14H30N6O2/c1-13(2,11-22-14(3,4)10-19-20-15)9-17-6-7-18-12(21)8-16-5/h16-17H,6-11H2,1-5H3,(H,18,21). The van der Waals surface area contributed by atoms with E-state index in [4.69, 9.17) is 10.3 Å². The minimum atomic E-state index is -0.468. The number of carbonyl (C=O) groups is 1. The zero-order valence-electron chi connectivity index (χ0n) is 14.4. The van der Waals surface area contributed by atoms with Crippen LogP contribution in [0.5, 0.6) is 0 Å². The highest BCUT2D eigenvalue weighted by molar-refractivity contribution is 5.77. The first-order chi connectivity index (χ1) is 10.2. The molecule has 0 aliphatic heterocycles. The van der Waals surface area contributed by atoms with Gasteiger partial charge in [0, 0.05) is 30.0 Å². The van der Waals surface area contributed by atoms with E-state index in [0.717, 1.165) is 6.54 Å². The molecule has 0 aliphatic rings. The molecule has 0 bridgehead atoms. The lowest BCUT2D eigenvalue weighted by Crippen LogP contribution is -2.41. The Kier molecular flexibility index (Phi) is 9.76. The van der Waals surface area contributed by atoms with E-state index in [1.165, 1.54) is 0 Å². The van der Waals surface area contributed by atoms with Crippen LogP contribution < -0.4 is 16.0 Å². The smallest absolute Gasteiger partial charge is 0.233 e. The van der Waals surface area contributed by atoms with Crippen LogP contribution in [0, 0.1) is 5.41 Å². The van der Waals surface area contributed by atoms with Gasteiger partial charge in [0.05, 0.1) is 25.3 Å². The van der Waals surface area contributed by atoms with Gasteiger partial charge in [0.2, 0.25) is 5.91 Å². The maximum atomic E-state index is 11.2. The molecule has 0 spiro atoms. The summed E-state index contributed by atoms with van der Waals surface area (Å²) < 4.78 is 5.84. The van der Waals surface area contributed by atoms with Crippen molar-refractivity contribution in [3.05, 3.63) is 10.4 Å². The number of nitrogens with one attached hydrogen (secondary N) is 3.